The van der Waals surface area contributed by atoms with Gasteiger partial charge in [-0.1, -0.05) is 25.5 Å². The number of carbonyl (C=O) groups is 3. The second-order valence-corrected chi connectivity index (χ2v) is 7.62. The Morgan fingerprint density at radius 1 is 1.13 bits per heavy atom. The maximum absolute atomic E-state index is 12.8. The molecule has 0 unspecified atom stereocenters. The summed E-state index contributed by atoms with van der Waals surface area (Å²) >= 11 is 0. The van der Waals surface area contributed by atoms with Gasteiger partial charge in [0.2, 0.25) is 0 Å². The second kappa shape index (κ2) is 4.79. The van der Waals surface area contributed by atoms with Crippen LogP contribution in [0.5, 0.6) is 0 Å². The van der Waals surface area contributed by atoms with E-state index in [-0.39, 0.29) is 17.7 Å². The predicted molar refractivity (Wildman–Crippen MR) is 84.4 cm³/mol. The van der Waals surface area contributed by atoms with Crippen molar-refractivity contribution < 1.29 is 19.5 Å². The molecule has 5 heteroatoms. The SMILES string of the molecule is CC(C)=C[C@H]1C(C)(C)[C@]1(C(=O)O)N1C(=O)C2=C(CCCC2)C1=O. The van der Waals surface area contributed by atoms with Gasteiger partial charge in [0.25, 0.3) is 11.8 Å². The van der Waals surface area contributed by atoms with Crippen LogP contribution >= 0.6 is 0 Å². The van der Waals surface area contributed by atoms with Crippen LogP contribution in [-0.2, 0) is 14.4 Å². The van der Waals surface area contributed by atoms with Gasteiger partial charge in [-0.15, -0.1) is 0 Å². The van der Waals surface area contributed by atoms with Crippen molar-refractivity contribution in [3.63, 3.8) is 0 Å². The summed E-state index contributed by atoms with van der Waals surface area (Å²) in [6.07, 6.45) is 4.81. The summed E-state index contributed by atoms with van der Waals surface area (Å²) in [5.74, 6) is -2.21. The summed E-state index contributed by atoms with van der Waals surface area (Å²) in [5.41, 5.74) is -0.0599. The maximum Gasteiger partial charge on any atom is 0.331 e. The first-order chi connectivity index (χ1) is 10.7. The van der Waals surface area contributed by atoms with Gasteiger partial charge in [-0.05, 0) is 39.5 Å². The molecule has 2 atom stereocenters. The first-order valence-corrected chi connectivity index (χ1v) is 8.16. The summed E-state index contributed by atoms with van der Waals surface area (Å²) in [7, 11) is 0. The molecule has 1 heterocycles. The summed E-state index contributed by atoms with van der Waals surface area (Å²) < 4.78 is 0. The first kappa shape index (κ1) is 16.0. The molecule has 1 saturated carbocycles. The number of carboxylic acids is 1. The van der Waals surface area contributed by atoms with E-state index in [4.69, 9.17) is 0 Å². The lowest BCUT2D eigenvalue weighted by Gasteiger charge is -2.26. The van der Waals surface area contributed by atoms with Crippen molar-refractivity contribution in [2.24, 2.45) is 11.3 Å². The molecule has 0 saturated heterocycles. The molecule has 124 valence electrons. The molecule has 1 fully saturated rings. The lowest BCUT2D eigenvalue weighted by molar-refractivity contribution is -0.158. The van der Waals surface area contributed by atoms with Crippen LogP contribution in [0.4, 0.5) is 0 Å². The van der Waals surface area contributed by atoms with Crippen LogP contribution in [-0.4, -0.2) is 33.3 Å². The van der Waals surface area contributed by atoms with E-state index in [1.165, 1.54) is 0 Å². The number of rotatable bonds is 3. The zero-order valence-corrected chi connectivity index (χ0v) is 14.1. The monoisotopic (exact) mass is 317 g/mol. The Kier molecular flexibility index (Phi) is 3.33. The molecule has 0 aromatic rings. The van der Waals surface area contributed by atoms with E-state index < -0.39 is 16.9 Å². The number of aliphatic carboxylic acids is 1. The van der Waals surface area contributed by atoms with E-state index in [2.05, 4.69) is 0 Å². The Hall–Kier alpha value is -1.91. The van der Waals surface area contributed by atoms with Crippen LogP contribution < -0.4 is 0 Å². The average molecular weight is 317 g/mol. The van der Waals surface area contributed by atoms with Gasteiger partial charge in [0.1, 0.15) is 0 Å². The third-order valence-electron chi connectivity index (χ3n) is 5.70. The van der Waals surface area contributed by atoms with Gasteiger partial charge in [-0.2, -0.15) is 0 Å². The molecule has 0 radical (unpaired) electrons. The zero-order valence-electron chi connectivity index (χ0n) is 14.1. The molecular formula is C18H23NO4. The summed E-state index contributed by atoms with van der Waals surface area (Å²) in [4.78, 5) is 38.9. The molecule has 0 bridgehead atoms. The molecule has 0 aromatic heterocycles. The fourth-order valence-corrected chi connectivity index (χ4v) is 4.43. The highest BCUT2D eigenvalue weighted by Crippen LogP contribution is 2.67. The minimum atomic E-state index is -1.46. The molecule has 1 aliphatic heterocycles. The van der Waals surface area contributed by atoms with E-state index in [1.54, 1.807) is 0 Å². The quantitative estimate of drug-likeness (QED) is 0.641. The van der Waals surface area contributed by atoms with Gasteiger partial charge >= 0.3 is 5.97 Å². The average Bonchev–Trinajstić information content (AvgIpc) is 2.82. The van der Waals surface area contributed by atoms with Crippen LogP contribution in [0.25, 0.3) is 0 Å². The fraction of sp³-hybridized carbons (Fsp3) is 0.611. The minimum absolute atomic E-state index is 0.355. The largest absolute Gasteiger partial charge is 0.479 e. The van der Waals surface area contributed by atoms with Crippen LogP contribution in [0.15, 0.2) is 22.8 Å². The van der Waals surface area contributed by atoms with E-state index in [1.807, 2.05) is 33.8 Å². The number of hydrogen-bond acceptors (Lipinski definition) is 3. The van der Waals surface area contributed by atoms with Crippen LogP contribution in [0.1, 0.15) is 53.4 Å². The molecule has 2 aliphatic carbocycles. The Morgan fingerprint density at radius 3 is 2.00 bits per heavy atom. The zero-order chi connectivity index (χ0) is 17.2. The number of allylic oxidation sites excluding steroid dienone is 1. The summed E-state index contributed by atoms with van der Waals surface area (Å²) in [5, 5.41) is 9.96. The third-order valence-corrected chi connectivity index (χ3v) is 5.70. The first-order valence-electron chi connectivity index (χ1n) is 8.16. The van der Waals surface area contributed by atoms with Crippen molar-refractivity contribution in [2.75, 3.05) is 0 Å². The third kappa shape index (κ3) is 1.82. The van der Waals surface area contributed by atoms with Gasteiger partial charge in [0.05, 0.1) is 0 Å². The molecule has 0 spiro atoms. The number of carboxylic acid groups (broad SMARTS) is 1. The molecule has 0 aromatic carbocycles. The summed E-state index contributed by atoms with van der Waals surface area (Å²) in [6, 6.07) is 0. The number of imide groups is 1. The topological polar surface area (TPSA) is 74.7 Å². The number of amides is 2. The summed E-state index contributed by atoms with van der Waals surface area (Å²) in [6.45, 7) is 7.45. The molecule has 2 amide bonds. The van der Waals surface area contributed by atoms with E-state index >= 15 is 0 Å². The Labute approximate surface area is 136 Å². The molecule has 3 aliphatic rings. The van der Waals surface area contributed by atoms with Gasteiger partial charge in [0.15, 0.2) is 5.54 Å². The van der Waals surface area contributed by atoms with Gasteiger partial charge in [-0.3, -0.25) is 14.5 Å². The van der Waals surface area contributed by atoms with Crippen molar-refractivity contribution in [1.82, 2.24) is 4.90 Å². The van der Waals surface area contributed by atoms with Crippen molar-refractivity contribution in [2.45, 2.75) is 58.9 Å². The Morgan fingerprint density at radius 2 is 1.61 bits per heavy atom. The highest BCUT2D eigenvalue weighted by molar-refractivity contribution is 6.22. The molecule has 5 nitrogen and oxygen atoms in total. The fourth-order valence-electron chi connectivity index (χ4n) is 4.43. The Bertz CT molecular complexity index is 653. The van der Waals surface area contributed by atoms with Crippen LogP contribution in [0.3, 0.4) is 0 Å². The normalized spacial score (nSPS) is 32.0. The van der Waals surface area contributed by atoms with E-state index in [0.717, 1.165) is 23.3 Å². The van der Waals surface area contributed by atoms with Crippen molar-refractivity contribution in [3.05, 3.63) is 22.8 Å². The number of nitrogens with zero attached hydrogens (tertiary/aromatic N) is 1. The van der Waals surface area contributed by atoms with Gasteiger partial charge < -0.3 is 5.11 Å². The smallest absolute Gasteiger partial charge is 0.331 e. The molecule has 23 heavy (non-hydrogen) atoms. The lowest BCUT2D eigenvalue weighted by atomic mass is 9.93. The van der Waals surface area contributed by atoms with E-state index in [9.17, 15) is 19.5 Å². The van der Waals surface area contributed by atoms with Crippen molar-refractivity contribution in [3.8, 4) is 0 Å². The van der Waals surface area contributed by atoms with Crippen molar-refractivity contribution >= 4 is 17.8 Å². The van der Waals surface area contributed by atoms with Gasteiger partial charge in [-0.25, -0.2) is 4.79 Å². The Balaban J connectivity index is 2.09. The minimum Gasteiger partial charge on any atom is -0.479 e. The highest BCUT2D eigenvalue weighted by atomic mass is 16.4. The standard InChI is InChI=1S/C18H23NO4/c1-10(2)9-13-17(3,4)18(13,16(22)23)19-14(20)11-7-5-6-8-12(11)15(19)21/h9,13H,5-8H2,1-4H3,(H,22,23)/t13-,18-/m0/s1. The molecular weight excluding hydrogens is 294 g/mol. The second-order valence-electron chi connectivity index (χ2n) is 7.62. The number of hydrogen-bond donors (Lipinski definition) is 1. The van der Waals surface area contributed by atoms with Crippen LogP contribution in [0.2, 0.25) is 0 Å². The lowest BCUT2D eigenvalue weighted by Crippen LogP contribution is -2.51. The predicted octanol–water partition coefficient (Wildman–Crippen LogP) is 2.67. The van der Waals surface area contributed by atoms with E-state index in [0.29, 0.717) is 24.0 Å². The molecule has 1 N–H and O–H groups in total. The van der Waals surface area contributed by atoms with Crippen molar-refractivity contribution in [1.29, 1.82) is 0 Å². The maximum atomic E-state index is 12.8. The molecule has 3 rings (SSSR count). The highest BCUT2D eigenvalue weighted by Gasteiger charge is 2.81. The number of carbonyl (C=O) groups excluding carboxylic acids is 2. The van der Waals surface area contributed by atoms with Gasteiger partial charge in [0, 0.05) is 22.5 Å². The van der Waals surface area contributed by atoms with Crippen LogP contribution in [0, 0.1) is 11.3 Å².